The molecular formula is C72H69IN6O6. The van der Waals surface area contributed by atoms with Gasteiger partial charge in [-0.1, -0.05) is 280 Å². The topological polar surface area (TPSA) is 179 Å². The number of halogens is 1. The maximum Gasteiger partial charge on any atom is 0.300 e. The minimum Gasteiger partial charge on any atom is -0.481 e. The van der Waals surface area contributed by atoms with E-state index in [-0.39, 0.29) is 7.43 Å². The van der Waals surface area contributed by atoms with Crippen molar-refractivity contribution in [3.63, 3.8) is 0 Å². The van der Waals surface area contributed by atoms with Gasteiger partial charge in [-0.3, -0.25) is 9.59 Å². The zero-order valence-corrected chi connectivity index (χ0v) is 48.6. The number of imidazole rings is 3. The SMILES string of the molecule is C.CC(=O)O.CO.Ic1cn(C(c2ccccc2)(c2ccccc2)c2ccccc2)cn1.O=Cc1ccccc1.OC(c1ccccc1)c1cn(C(c2ccccc2)(c2ccccc2)c2ccccc2)cn1.OC(c1ccccc1)c1cnc[nH]1. The fraction of sp³-hybridized carbons (Fsp3) is 0.0972. The highest BCUT2D eigenvalue weighted by atomic mass is 127. The maximum absolute atomic E-state index is 11.0. The first-order valence-corrected chi connectivity index (χ1v) is 27.9. The second kappa shape index (κ2) is 33.5. The molecule has 0 aliphatic carbocycles. The minimum absolute atomic E-state index is 0. The third-order valence-corrected chi connectivity index (χ3v) is 13.9. The fourth-order valence-electron chi connectivity index (χ4n) is 9.68. The lowest BCUT2D eigenvalue weighted by molar-refractivity contribution is -0.134. The van der Waals surface area contributed by atoms with Gasteiger partial charge in [0.25, 0.3) is 5.97 Å². The van der Waals surface area contributed by atoms with Crippen LogP contribution in [-0.4, -0.2) is 68.9 Å². The van der Waals surface area contributed by atoms with Crippen LogP contribution in [0.4, 0.5) is 0 Å². The first-order valence-electron chi connectivity index (χ1n) is 26.8. The number of aliphatic hydroxyl groups is 3. The van der Waals surface area contributed by atoms with Gasteiger partial charge in [0.05, 0.1) is 36.6 Å². The lowest BCUT2D eigenvalue weighted by Crippen LogP contribution is -2.37. The van der Waals surface area contributed by atoms with Crippen molar-refractivity contribution >= 4 is 34.8 Å². The standard InChI is InChI=1S/C29H24N2O.C22H17IN2.C10H10N2O.C7H6O.C2H4O2.CH4O.CH4/c32-28(23-13-5-1-6-14-23)27-21-31(22-30-27)29(24-15-7-2-8-16-24,25-17-9-3-10-18-25)26-19-11-4-12-20-26;23-21-16-25(17-24-21)22(18-10-4-1-5-11-18,19-12-6-2-7-13-19)20-14-8-3-9-15-20;13-10(9-6-11-7-12-9)8-4-2-1-3-5-8;8-6-7-4-2-1-3-5-7;1-2(3)4;1-2;/h1-22,28,32H;1-17H;1-7,10,13H,(H,11,12);1-6H;1H3,(H,3,4);2H,1H3;1H4. The molecule has 0 amide bonds. The number of rotatable bonds is 13. The van der Waals surface area contributed by atoms with Gasteiger partial charge in [-0.2, -0.15) is 0 Å². The molecule has 430 valence electrons. The van der Waals surface area contributed by atoms with E-state index in [4.69, 9.17) is 15.0 Å². The van der Waals surface area contributed by atoms with E-state index < -0.39 is 29.3 Å². The Bertz CT molecular complexity index is 3540. The Labute approximate surface area is 511 Å². The molecule has 12 rings (SSSR count). The third-order valence-electron chi connectivity index (χ3n) is 13.3. The van der Waals surface area contributed by atoms with Crippen molar-refractivity contribution in [1.29, 1.82) is 0 Å². The van der Waals surface area contributed by atoms with Crippen LogP contribution in [0.2, 0.25) is 0 Å². The Balaban J connectivity index is 0.000000192. The van der Waals surface area contributed by atoms with Gasteiger partial charge in [0.15, 0.2) is 0 Å². The predicted molar refractivity (Wildman–Crippen MR) is 346 cm³/mol. The van der Waals surface area contributed by atoms with E-state index in [9.17, 15) is 15.0 Å². The van der Waals surface area contributed by atoms with Gasteiger partial charge >= 0.3 is 0 Å². The molecule has 85 heavy (non-hydrogen) atoms. The van der Waals surface area contributed by atoms with Gasteiger partial charge < -0.3 is 34.5 Å². The number of nitrogens with one attached hydrogen (secondary N) is 1. The normalized spacial score (nSPS) is 11.1. The summed E-state index contributed by atoms with van der Waals surface area (Å²) in [7, 11) is 1.00. The number of aliphatic hydroxyl groups excluding tert-OH is 3. The van der Waals surface area contributed by atoms with E-state index in [1.54, 1.807) is 24.7 Å². The van der Waals surface area contributed by atoms with Crippen LogP contribution in [0, 0.1) is 3.70 Å². The molecule has 12 aromatic rings. The number of aldehydes is 1. The molecule has 3 heterocycles. The van der Waals surface area contributed by atoms with Crippen LogP contribution in [0.5, 0.6) is 0 Å². The molecule has 12 nitrogen and oxygen atoms in total. The average Bonchev–Trinajstić information content (AvgIpc) is 3.90. The van der Waals surface area contributed by atoms with E-state index >= 15 is 0 Å². The number of carboxylic acid groups (broad SMARTS) is 1. The van der Waals surface area contributed by atoms with Crippen LogP contribution in [0.25, 0.3) is 0 Å². The van der Waals surface area contributed by atoms with Crippen LogP contribution in [0.1, 0.15) is 92.8 Å². The summed E-state index contributed by atoms with van der Waals surface area (Å²) >= 11 is 2.27. The van der Waals surface area contributed by atoms with Crippen molar-refractivity contribution in [1.82, 2.24) is 29.1 Å². The molecular weight excluding hydrogens is 1170 g/mol. The zero-order chi connectivity index (χ0) is 59.4. The summed E-state index contributed by atoms with van der Waals surface area (Å²) in [6, 6.07) is 91.4. The lowest BCUT2D eigenvalue weighted by Gasteiger charge is -2.37. The van der Waals surface area contributed by atoms with Gasteiger partial charge in [-0.05, 0) is 67.1 Å². The zero-order valence-electron chi connectivity index (χ0n) is 46.4. The molecule has 3 aromatic heterocycles. The second-order valence-corrected chi connectivity index (χ2v) is 19.7. The van der Waals surface area contributed by atoms with Gasteiger partial charge in [0, 0.05) is 32.0 Å². The number of carbonyl (C=O) groups excluding carboxylic acids is 1. The van der Waals surface area contributed by atoms with Crippen molar-refractivity contribution in [3.05, 3.63) is 376 Å². The summed E-state index contributed by atoms with van der Waals surface area (Å²) in [5, 5.41) is 35.2. The highest BCUT2D eigenvalue weighted by Gasteiger charge is 2.40. The largest absolute Gasteiger partial charge is 0.481 e. The molecule has 0 fully saturated rings. The molecule has 5 N–H and O–H groups in total. The first kappa shape index (κ1) is 64.5. The van der Waals surface area contributed by atoms with Gasteiger partial charge in [-0.15, -0.1) is 0 Å². The molecule has 0 aliphatic heterocycles. The van der Waals surface area contributed by atoms with Gasteiger partial charge in [0.2, 0.25) is 0 Å². The number of H-pyrrole nitrogens is 1. The van der Waals surface area contributed by atoms with E-state index in [1.165, 1.54) is 16.7 Å². The molecule has 2 atom stereocenters. The van der Waals surface area contributed by atoms with Crippen molar-refractivity contribution in [2.45, 2.75) is 37.6 Å². The Morgan fingerprint density at radius 1 is 0.482 bits per heavy atom. The third kappa shape index (κ3) is 16.6. The average molecular weight is 1240 g/mol. The molecule has 0 saturated heterocycles. The van der Waals surface area contributed by atoms with Crippen molar-refractivity contribution in [3.8, 4) is 0 Å². The molecule has 0 aliphatic rings. The van der Waals surface area contributed by atoms with E-state index in [0.29, 0.717) is 11.4 Å². The molecule has 2 unspecified atom stereocenters. The summed E-state index contributed by atoms with van der Waals surface area (Å²) in [4.78, 5) is 34.9. The molecule has 9 aromatic carbocycles. The number of aromatic amines is 1. The summed E-state index contributed by atoms with van der Waals surface area (Å²) in [6.45, 7) is 1.08. The van der Waals surface area contributed by atoms with Crippen molar-refractivity contribution < 1.29 is 30.0 Å². The number of aromatic nitrogens is 6. The summed E-state index contributed by atoms with van der Waals surface area (Å²) in [5.41, 5.74) is 9.65. The lowest BCUT2D eigenvalue weighted by atomic mass is 9.77. The molecule has 0 radical (unpaired) electrons. The summed E-state index contributed by atoms with van der Waals surface area (Å²) in [5.74, 6) is -0.833. The van der Waals surface area contributed by atoms with Gasteiger partial charge in [0.1, 0.15) is 33.3 Å². The van der Waals surface area contributed by atoms with Crippen LogP contribution >= 0.6 is 22.6 Å². The molecule has 13 heteroatoms. The number of hydrogen-bond acceptors (Lipinski definition) is 8. The highest BCUT2D eigenvalue weighted by molar-refractivity contribution is 14.1. The molecule has 0 bridgehead atoms. The number of hydrogen-bond donors (Lipinski definition) is 5. The van der Waals surface area contributed by atoms with E-state index in [0.717, 1.165) is 57.4 Å². The van der Waals surface area contributed by atoms with Crippen molar-refractivity contribution in [2.24, 2.45) is 0 Å². The summed E-state index contributed by atoms with van der Waals surface area (Å²) < 4.78 is 5.31. The Morgan fingerprint density at radius 3 is 1.06 bits per heavy atom. The fourth-order valence-corrected chi connectivity index (χ4v) is 10.1. The second-order valence-electron chi connectivity index (χ2n) is 18.6. The van der Waals surface area contributed by atoms with Gasteiger partial charge in [-0.25, -0.2) is 15.0 Å². The Morgan fingerprint density at radius 2 is 0.776 bits per heavy atom. The van der Waals surface area contributed by atoms with Crippen molar-refractivity contribution in [2.75, 3.05) is 7.11 Å². The van der Waals surface area contributed by atoms with E-state index in [1.807, 2.05) is 116 Å². The highest BCUT2D eigenvalue weighted by Crippen LogP contribution is 2.43. The molecule has 0 spiro atoms. The predicted octanol–water partition coefficient (Wildman–Crippen LogP) is 14.5. The number of benzene rings is 9. The number of nitrogens with zero attached hydrogens (tertiary/aromatic N) is 5. The van der Waals surface area contributed by atoms with E-state index in [2.05, 4.69) is 222 Å². The van der Waals surface area contributed by atoms with Crippen LogP contribution in [-0.2, 0) is 15.9 Å². The first-order chi connectivity index (χ1) is 41.2. The Hall–Kier alpha value is -9.64. The van der Waals surface area contributed by atoms with Crippen LogP contribution < -0.4 is 0 Å². The van der Waals surface area contributed by atoms with Crippen LogP contribution in [0.3, 0.4) is 0 Å². The number of carboxylic acids is 1. The Kier molecular flexibility index (Phi) is 25.4. The number of aliphatic carboxylic acids is 1. The maximum atomic E-state index is 11.0. The smallest absolute Gasteiger partial charge is 0.300 e. The molecule has 0 saturated carbocycles. The quantitative estimate of drug-likeness (QED) is 0.0427. The summed E-state index contributed by atoms with van der Waals surface area (Å²) in [6.07, 6.45) is 10.4. The minimum atomic E-state index is -0.833. The van der Waals surface area contributed by atoms with Crippen LogP contribution in [0.15, 0.2) is 311 Å². The monoisotopic (exact) mass is 1240 g/mol. The number of carbonyl (C=O) groups is 2.